The number of rotatable bonds is 16. The quantitative estimate of drug-likeness (QED) is 0.122. The highest BCUT2D eigenvalue weighted by Crippen LogP contribution is 2.35. The first-order chi connectivity index (χ1) is 19.5. The van der Waals surface area contributed by atoms with Gasteiger partial charge in [-0.25, -0.2) is 14.4 Å². The summed E-state index contributed by atoms with van der Waals surface area (Å²) in [6.45, 7) is 15.0. The second-order valence-electron chi connectivity index (χ2n) is 11.6. The molecule has 0 heterocycles. The second kappa shape index (κ2) is 17.4. The van der Waals surface area contributed by atoms with Gasteiger partial charge in [0.15, 0.2) is 11.5 Å². The van der Waals surface area contributed by atoms with Gasteiger partial charge in [-0.2, -0.15) is 0 Å². The molecule has 3 N–H and O–H groups in total. The highest BCUT2D eigenvalue weighted by atomic mass is 16.7. The first kappa shape index (κ1) is 36.5. The Balaban J connectivity index is 3.26. The predicted molar refractivity (Wildman–Crippen MR) is 154 cm³/mol. The summed E-state index contributed by atoms with van der Waals surface area (Å²) in [6, 6.07) is 2.73. The van der Waals surface area contributed by atoms with E-state index < -0.39 is 48.1 Å². The minimum atomic E-state index is -1.42. The van der Waals surface area contributed by atoms with Gasteiger partial charge in [0.1, 0.15) is 17.7 Å². The van der Waals surface area contributed by atoms with Gasteiger partial charge in [-0.15, -0.1) is 0 Å². The van der Waals surface area contributed by atoms with Crippen LogP contribution in [0.25, 0.3) is 0 Å². The van der Waals surface area contributed by atoms with Crippen molar-refractivity contribution >= 4 is 24.4 Å². The first-order valence-electron chi connectivity index (χ1n) is 14.3. The van der Waals surface area contributed by atoms with Crippen LogP contribution in [0.15, 0.2) is 18.2 Å². The molecule has 3 atom stereocenters. The molecule has 1 aromatic carbocycles. The van der Waals surface area contributed by atoms with E-state index in [0.717, 1.165) is 0 Å². The number of carbonyl (C=O) groups is 4. The lowest BCUT2D eigenvalue weighted by molar-refractivity contribution is -0.139. The maximum atomic E-state index is 12.4. The SMILES string of the molecule is CCC(C)(C)OC(=O)OC(C)CC(c1ccc(OC(=O)OCCC(C)C)c(OC(=O)OCCC(C)C)c1)[C@H](N)C(=O)O. The molecule has 0 radical (unpaired) electrons. The molecule has 12 nitrogen and oxygen atoms in total. The second-order valence-corrected chi connectivity index (χ2v) is 11.6. The van der Waals surface area contributed by atoms with Crippen molar-refractivity contribution < 1.29 is 52.7 Å². The van der Waals surface area contributed by atoms with Crippen LogP contribution < -0.4 is 15.2 Å². The zero-order valence-electron chi connectivity index (χ0n) is 26.0. The van der Waals surface area contributed by atoms with Gasteiger partial charge in [0.2, 0.25) is 0 Å². The Morgan fingerprint density at radius 1 is 0.857 bits per heavy atom. The fraction of sp³-hybridized carbons (Fsp3) is 0.667. The number of hydrogen-bond acceptors (Lipinski definition) is 11. The van der Waals surface area contributed by atoms with E-state index >= 15 is 0 Å². The Morgan fingerprint density at radius 2 is 1.38 bits per heavy atom. The van der Waals surface area contributed by atoms with Gasteiger partial charge in [0.05, 0.1) is 13.2 Å². The monoisotopic (exact) mass is 597 g/mol. The molecule has 12 heteroatoms. The summed E-state index contributed by atoms with van der Waals surface area (Å²) in [5, 5.41) is 9.70. The van der Waals surface area contributed by atoms with Crippen LogP contribution >= 0.6 is 0 Å². The van der Waals surface area contributed by atoms with E-state index in [9.17, 15) is 24.3 Å². The Labute approximate surface area is 248 Å². The van der Waals surface area contributed by atoms with Crippen molar-refractivity contribution in [1.82, 2.24) is 0 Å². The molecule has 0 bridgehead atoms. The van der Waals surface area contributed by atoms with Crippen molar-refractivity contribution in [3.05, 3.63) is 23.8 Å². The normalized spacial score (nSPS) is 13.6. The van der Waals surface area contributed by atoms with Gasteiger partial charge in [-0.3, -0.25) is 4.79 Å². The summed E-state index contributed by atoms with van der Waals surface area (Å²) in [5.41, 5.74) is 5.62. The lowest BCUT2D eigenvalue weighted by Crippen LogP contribution is -2.38. The van der Waals surface area contributed by atoms with Gasteiger partial charge in [-0.05, 0) is 76.0 Å². The van der Waals surface area contributed by atoms with Gasteiger partial charge in [0.25, 0.3) is 0 Å². The van der Waals surface area contributed by atoms with Crippen molar-refractivity contribution in [3.63, 3.8) is 0 Å². The van der Waals surface area contributed by atoms with Crippen LogP contribution in [0.3, 0.4) is 0 Å². The third-order valence-corrected chi connectivity index (χ3v) is 6.43. The van der Waals surface area contributed by atoms with Crippen molar-refractivity contribution in [2.24, 2.45) is 17.6 Å². The number of carboxylic acid groups (broad SMARTS) is 1. The van der Waals surface area contributed by atoms with E-state index in [0.29, 0.717) is 30.7 Å². The summed E-state index contributed by atoms with van der Waals surface area (Å²) < 4.78 is 31.5. The van der Waals surface area contributed by atoms with Crippen molar-refractivity contribution in [3.8, 4) is 11.5 Å². The zero-order valence-corrected chi connectivity index (χ0v) is 26.0. The Kier molecular flexibility index (Phi) is 15.1. The van der Waals surface area contributed by atoms with Gasteiger partial charge < -0.3 is 39.3 Å². The number of carbonyl (C=O) groups excluding carboxylic acids is 3. The molecule has 238 valence electrons. The van der Waals surface area contributed by atoms with Crippen molar-refractivity contribution in [2.45, 2.75) is 105 Å². The molecule has 0 aromatic heterocycles. The molecule has 1 rings (SSSR count). The van der Waals surface area contributed by atoms with Crippen LogP contribution in [0, 0.1) is 11.8 Å². The fourth-order valence-electron chi connectivity index (χ4n) is 3.47. The lowest BCUT2D eigenvalue weighted by Gasteiger charge is -2.27. The average molecular weight is 598 g/mol. The maximum Gasteiger partial charge on any atom is 0.513 e. The summed E-state index contributed by atoms with van der Waals surface area (Å²) in [5.74, 6) is -1.97. The van der Waals surface area contributed by atoms with E-state index in [1.165, 1.54) is 18.2 Å². The highest BCUT2D eigenvalue weighted by Gasteiger charge is 2.31. The minimum absolute atomic E-state index is 0.00908. The van der Waals surface area contributed by atoms with Crippen LogP contribution in [0.4, 0.5) is 14.4 Å². The standard InChI is InChI=1S/C30H47NO11/c1-9-30(7,8)42-29(36)39-20(6)16-22(25(31)26(32)33)21-10-11-23(40-27(34)37-14-12-18(2)3)24(17-21)41-28(35)38-15-13-19(4)5/h10-11,17-20,22,25H,9,12-16,31H2,1-8H3,(H,32,33)/t20?,22?,25-/m0/s1. The molecular weight excluding hydrogens is 550 g/mol. The minimum Gasteiger partial charge on any atom is -0.480 e. The first-order valence-corrected chi connectivity index (χ1v) is 14.3. The Hall–Kier alpha value is -3.54. The van der Waals surface area contributed by atoms with Gasteiger partial charge >= 0.3 is 24.4 Å². The Bertz CT molecular complexity index is 1040. The fourth-order valence-corrected chi connectivity index (χ4v) is 3.47. The third-order valence-electron chi connectivity index (χ3n) is 6.43. The number of ether oxygens (including phenoxy) is 6. The molecule has 0 saturated carbocycles. The number of carboxylic acids is 1. The topological polar surface area (TPSA) is 170 Å². The molecule has 2 unspecified atom stereocenters. The van der Waals surface area contributed by atoms with E-state index in [2.05, 4.69) is 0 Å². The molecule has 0 spiro atoms. The van der Waals surface area contributed by atoms with Crippen LogP contribution in [0.2, 0.25) is 0 Å². The van der Waals surface area contributed by atoms with Crippen LogP contribution in [0.5, 0.6) is 11.5 Å². The molecule has 1 aromatic rings. The highest BCUT2D eigenvalue weighted by molar-refractivity contribution is 5.75. The molecule has 0 saturated heterocycles. The lowest BCUT2D eigenvalue weighted by atomic mass is 9.87. The largest absolute Gasteiger partial charge is 0.513 e. The van der Waals surface area contributed by atoms with Crippen molar-refractivity contribution in [1.29, 1.82) is 0 Å². The predicted octanol–water partition coefficient (Wildman–Crippen LogP) is 6.43. The number of hydrogen-bond donors (Lipinski definition) is 2. The van der Waals surface area contributed by atoms with E-state index in [-0.39, 0.29) is 37.1 Å². The van der Waals surface area contributed by atoms with E-state index in [1.54, 1.807) is 20.8 Å². The molecule has 0 aliphatic carbocycles. The molecule has 0 amide bonds. The summed E-state index contributed by atoms with van der Waals surface area (Å²) in [4.78, 5) is 48.9. The number of aliphatic carboxylic acids is 1. The number of nitrogens with two attached hydrogens (primary N) is 1. The van der Waals surface area contributed by atoms with E-state index in [4.69, 9.17) is 34.2 Å². The molecule has 0 fully saturated rings. The van der Waals surface area contributed by atoms with Gasteiger partial charge in [0, 0.05) is 5.92 Å². The van der Waals surface area contributed by atoms with Crippen LogP contribution in [-0.2, 0) is 23.7 Å². The van der Waals surface area contributed by atoms with Crippen molar-refractivity contribution in [2.75, 3.05) is 13.2 Å². The van der Waals surface area contributed by atoms with Crippen LogP contribution in [0.1, 0.15) is 92.6 Å². The summed E-state index contributed by atoms with van der Waals surface area (Å²) in [7, 11) is 0. The molecule has 42 heavy (non-hydrogen) atoms. The summed E-state index contributed by atoms with van der Waals surface area (Å²) in [6.07, 6.45) is -1.96. The van der Waals surface area contributed by atoms with Crippen LogP contribution in [-0.4, -0.2) is 60.5 Å². The third kappa shape index (κ3) is 13.9. The smallest absolute Gasteiger partial charge is 0.480 e. The molecular formula is C30H47NO11. The Morgan fingerprint density at radius 3 is 1.86 bits per heavy atom. The molecule has 0 aliphatic heterocycles. The average Bonchev–Trinajstić information content (AvgIpc) is 2.87. The number of benzene rings is 1. The van der Waals surface area contributed by atoms with E-state index in [1.807, 2.05) is 34.6 Å². The maximum absolute atomic E-state index is 12.4. The zero-order chi connectivity index (χ0) is 32.0. The van der Waals surface area contributed by atoms with Gasteiger partial charge in [-0.1, -0.05) is 40.7 Å². The summed E-state index contributed by atoms with van der Waals surface area (Å²) >= 11 is 0. The molecule has 0 aliphatic rings.